The Morgan fingerprint density at radius 2 is 1.84 bits per heavy atom. The maximum Gasteiger partial charge on any atom is 0.328 e. The van der Waals surface area contributed by atoms with Gasteiger partial charge in [0.1, 0.15) is 5.54 Å². The number of hydrogen-bond donors (Lipinski definition) is 3. The van der Waals surface area contributed by atoms with Crippen LogP contribution in [0.5, 0.6) is 0 Å². The lowest BCUT2D eigenvalue weighted by Gasteiger charge is -2.46. The second kappa shape index (κ2) is 5.12. The van der Waals surface area contributed by atoms with Gasteiger partial charge in [-0.25, -0.2) is 4.79 Å². The summed E-state index contributed by atoms with van der Waals surface area (Å²) >= 11 is 0. The minimum atomic E-state index is -1.24. The van der Waals surface area contributed by atoms with Crippen molar-refractivity contribution < 1.29 is 14.7 Å². The average Bonchev–Trinajstić information content (AvgIpc) is 2.24. The van der Waals surface area contributed by atoms with Gasteiger partial charge in [0.25, 0.3) is 0 Å². The molecule has 110 valence electrons. The van der Waals surface area contributed by atoms with Crippen LogP contribution in [-0.2, 0) is 9.59 Å². The Labute approximate surface area is 114 Å². The lowest BCUT2D eigenvalue weighted by atomic mass is 9.61. The van der Waals surface area contributed by atoms with Gasteiger partial charge in [-0.3, -0.25) is 4.79 Å². The number of carbonyl (C=O) groups is 2. The number of aliphatic carboxylic acids is 1. The van der Waals surface area contributed by atoms with E-state index in [2.05, 4.69) is 12.2 Å². The molecule has 0 aromatic carbocycles. The van der Waals surface area contributed by atoms with Crippen LogP contribution < -0.4 is 11.1 Å². The topological polar surface area (TPSA) is 92.4 Å². The molecule has 19 heavy (non-hydrogen) atoms. The van der Waals surface area contributed by atoms with Crippen LogP contribution in [0.1, 0.15) is 47.5 Å². The zero-order valence-corrected chi connectivity index (χ0v) is 12.5. The molecule has 0 heterocycles. The molecule has 1 saturated carbocycles. The highest BCUT2D eigenvalue weighted by Crippen LogP contribution is 2.44. The summed E-state index contributed by atoms with van der Waals surface area (Å²) in [7, 11) is 0. The molecule has 1 rings (SSSR count). The number of amides is 1. The van der Waals surface area contributed by atoms with E-state index in [0.29, 0.717) is 6.42 Å². The average molecular weight is 270 g/mol. The molecule has 0 spiro atoms. The lowest BCUT2D eigenvalue weighted by molar-refractivity contribution is -0.148. The molecule has 1 aliphatic carbocycles. The lowest BCUT2D eigenvalue weighted by Crippen LogP contribution is -2.57. The molecule has 1 amide bonds. The van der Waals surface area contributed by atoms with Crippen molar-refractivity contribution in [2.45, 2.75) is 59.0 Å². The number of nitrogens with two attached hydrogens (primary N) is 1. The van der Waals surface area contributed by atoms with E-state index in [9.17, 15) is 9.59 Å². The van der Waals surface area contributed by atoms with Gasteiger partial charge in [0.15, 0.2) is 0 Å². The summed E-state index contributed by atoms with van der Waals surface area (Å²) in [5.41, 5.74) is 4.60. The van der Waals surface area contributed by atoms with Crippen LogP contribution in [0.2, 0.25) is 0 Å². The van der Waals surface area contributed by atoms with Gasteiger partial charge in [0.2, 0.25) is 5.91 Å². The van der Waals surface area contributed by atoms with E-state index in [1.54, 1.807) is 0 Å². The molecule has 0 radical (unpaired) electrons. The zero-order valence-electron chi connectivity index (χ0n) is 12.5. The summed E-state index contributed by atoms with van der Waals surface area (Å²) in [5, 5.41) is 11.7. The maximum atomic E-state index is 12.4. The van der Waals surface area contributed by atoms with Gasteiger partial charge in [-0.2, -0.15) is 0 Å². The second-order valence-electron chi connectivity index (χ2n) is 6.82. The molecule has 3 unspecified atom stereocenters. The Balaban J connectivity index is 2.86. The highest BCUT2D eigenvalue weighted by atomic mass is 16.4. The second-order valence-corrected chi connectivity index (χ2v) is 6.82. The zero-order chi connectivity index (χ0) is 15.0. The predicted molar refractivity (Wildman–Crippen MR) is 73.5 cm³/mol. The van der Waals surface area contributed by atoms with Crippen LogP contribution in [-0.4, -0.2) is 28.6 Å². The monoisotopic (exact) mass is 270 g/mol. The highest BCUT2D eigenvalue weighted by Gasteiger charge is 2.46. The van der Waals surface area contributed by atoms with Crippen molar-refractivity contribution >= 4 is 11.9 Å². The van der Waals surface area contributed by atoms with Crippen molar-refractivity contribution in [2.24, 2.45) is 23.0 Å². The third kappa shape index (κ3) is 3.08. The Bertz CT molecular complexity index is 377. The quantitative estimate of drug-likeness (QED) is 0.722. The first kappa shape index (κ1) is 16.0. The molecule has 3 atom stereocenters. The largest absolute Gasteiger partial charge is 0.480 e. The van der Waals surface area contributed by atoms with E-state index in [1.165, 1.54) is 13.8 Å². The normalized spacial score (nSPS) is 30.7. The fourth-order valence-electron chi connectivity index (χ4n) is 2.77. The smallest absolute Gasteiger partial charge is 0.328 e. The van der Waals surface area contributed by atoms with E-state index in [1.807, 2.05) is 13.8 Å². The third-order valence-electron chi connectivity index (χ3n) is 4.79. The fraction of sp³-hybridized carbons (Fsp3) is 0.857. The fourth-order valence-corrected chi connectivity index (χ4v) is 2.77. The first-order valence-electron chi connectivity index (χ1n) is 6.81. The third-order valence-corrected chi connectivity index (χ3v) is 4.79. The number of hydrogen-bond acceptors (Lipinski definition) is 3. The van der Waals surface area contributed by atoms with Crippen LogP contribution in [0.25, 0.3) is 0 Å². The van der Waals surface area contributed by atoms with Gasteiger partial charge in [0.05, 0.1) is 0 Å². The van der Waals surface area contributed by atoms with Gasteiger partial charge in [-0.15, -0.1) is 0 Å². The van der Waals surface area contributed by atoms with Crippen molar-refractivity contribution in [3.63, 3.8) is 0 Å². The first-order valence-corrected chi connectivity index (χ1v) is 6.81. The molecule has 0 saturated heterocycles. The van der Waals surface area contributed by atoms with Crippen molar-refractivity contribution in [3.05, 3.63) is 0 Å². The minimum absolute atomic E-state index is 0.103. The summed E-state index contributed by atoms with van der Waals surface area (Å²) in [6.45, 7) is 9.13. The Morgan fingerprint density at radius 3 is 2.32 bits per heavy atom. The summed E-state index contributed by atoms with van der Waals surface area (Å²) < 4.78 is 0. The van der Waals surface area contributed by atoms with E-state index < -0.39 is 11.5 Å². The van der Waals surface area contributed by atoms with Crippen LogP contribution in [0.4, 0.5) is 0 Å². The predicted octanol–water partition coefficient (Wildman–Crippen LogP) is 1.37. The SMILES string of the molecule is CC1C(N)CCC(C(=O)NC(C)(C)C(=O)O)C1(C)C. The van der Waals surface area contributed by atoms with Gasteiger partial charge in [-0.1, -0.05) is 20.8 Å². The van der Waals surface area contributed by atoms with E-state index in [-0.39, 0.29) is 29.2 Å². The molecule has 0 aromatic heterocycles. The summed E-state index contributed by atoms with van der Waals surface area (Å²) in [4.78, 5) is 23.5. The molecule has 1 fully saturated rings. The molecule has 0 aliphatic heterocycles. The maximum absolute atomic E-state index is 12.4. The number of carboxylic acid groups (broad SMARTS) is 1. The van der Waals surface area contributed by atoms with Crippen LogP contribution in [0.3, 0.4) is 0 Å². The Morgan fingerprint density at radius 1 is 1.32 bits per heavy atom. The van der Waals surface area contributed by atoms with E-state index >= 15 is 0 Å². The Hall–Kier alpha value is -1.10. The standard InChI is InChI=1S/C14H26N2O3/c1-8-10(15)7-6-9(13(8,2)3)11(17)16-14(4,5)12(18)19/h8-10H,6-7,15H2,1-5H3,(H,16,17)(H,18,19). The molecule has 4 N–H and O–H groups in total. The Kier molecular flexibility index (Phi) is 4.30. The summed E-state index contributed by atoms with van der Waals surface area (Å²) in [5.74, 6) is -1.18. The minimum Gasteiger partial charge on any atom is -0.480 e. The molecular weight excluding hydrogens is 244 g/mol. The molecule has 5 nitrogen and oxygen atoms in total. The van der Waals surface area contributed by atoms with Gasteiger partial charge in [0, 0.05) is 12.0 Å². The molecule has 5 heteroatoms. The molecule has 0 aromatic rings. The van der Waals surface area contributed by atoms with Crippen LogP contribution in [0, 0.1) is 17.3 Å². The molecule has 1 aliphatic rings. The summed E-state index contributed by atoms with van der Waals surface area (Å²) in [6, 6.07) is 0.103. The molecule has 0 bridgehead atoms. The molecular formula is C14H26N2O3. The van der Waals surface area contributed by atoms with Crippen molar-refractivity contribution in [1.82, 2.24) is 5.32 Å². The van der Waals surface area contributed by atoms with Crippen molar-refractivity contribution in [2.75, 3.05) is 0 Å². The van der Waals surface area contributed by atoms with Crippen LogP contribution in [0.15, 0.2) is 0 Å². The van der Waals surface area contributed by atoms with Gasteiger partial charge < -0.3 is 16.2 Å². The van der Waals surface area contributed by atoms with E-state index in [4.69, 9.17) is 10.8 Å². The highest BCUT2D eigenvalue weighted by molar-refractivity contribution is 5.87. The van der Waals surface area contributed by atoms with Crippen molar-refractivity contribution in [1.29, 1.82) is 0 Å². The summed E-state index contributed by atoms with van der Waals surface area (Å²) in [6.07, 6.45) is 1.51. The number of carbonyl (C=O) groups excluding carboxylic acids is 1. The van der Waals surface area contributed by atoms with Crippen molar-refractivity contribution in [3.8, 4) is 0 Å². The number of carboxylic acids is 1. The number of nitrogens with one attached hydrogen (secondary N) is 1. The number of rotatable bonds is 3. The first-order chi connectivity index (χ1) is 8.50. The van der Waals surface area contributed by atoms with Gasteiger partial charge >= 0.3 is 5.97 Å². The van der Waals surface area contributed by atoms with Gasteiger partial charge in [-0.05, 0) is 38.0 Å². The van der Waals surface area contributed by atoms with E-state index in [0.717, 1.165) is 6.42 Å². The van der Waals surface area contributed by atoms with Crippen LogP contribution >= 0.6 is 0 Å².